The Balaban J connectivity index is 1.69. The van der Waals surface area contributed by atoms with E-state index < -0.39 is 0 Å². The number of aliphatic hydroxyl groups is 1. The van der Waals surface area contributed by atoms with Gasteiger partial charge in [0.05, 0.1) is 6.10 Å². The van der Waals surface area contributed by atoms with Crippen LogP contribution in [0, 0.1) is 22.7 Å². The number of ketones is 1. The molecule has 5 atom stereocenters. The average Bonchev–Trinajstić information content (AvgIpc) is 3.12. The number of rotatable bonds is 0. The van der Waals surface area contributed by atoms with E-state index in [4.69, 9.17) is 0 Å². The summed E-state index contributed by atoms with van der Waals surface area (Å²) < 4.78 is 0. The Hall–Kier alpha value is -1.15. The summed E-state index contributed by atoms with van der Waals surface area (Å²) in [6, 6.07) is 0. The molecule has 1 spiro atoms. The summed E-state index contributed by atoms with van der Waals surface area (Å²) >= 11 is 0. The lowest BCUT2D eigenvalue weighted by atomic mass is 9.57. The van der Waals surface area contributed by atoms with Gasteiger partial charge >= 0.3 is 0 Å². The maximum absolute atomic E-state index is 11.7. The van der Waals surface area contributed by atoms with E-state index in [0.29, 0.717) is 23.5 Å². The van der Waals surface area contributed by atoms with E-state index in [2.05, 4.69) is 19.1 Å². The Morgan fingerprint density at radius 2 is 2.14 bits per heavy atom. The first-order valence-corrected chi connectivity index (χ1v) is 8.40. The first-order chi connectivity index (χ1) is 10.1. The number of allylic oxidation sites excluding steroid dienone is 5. The fourth-order valence-corrected chi connectivity index (χ4v) is 6.19. The highest BCUT2D eigenvalue weighted by molar-refractivity contribution is 5.93. The van der Waals surface area contributed by atoms with Crippen LogP contribution >= 0.6 is 0 Å². The van der Waals surface area contributed by atoms with Gasteiger partial charge in [0.15, 0.2) is 5.78 Å². The zero-order chi connectivity index (χ0) is 14.4. The predicted octanol–water partition coefficient (Wildman–Crippen LogP) is 3.33. The molecule has 5 aliphatic rings. The maximum Gasteiger partial charge on any atom is 0.156 e. The summed E-state index contributed by atoms with van der Waals surface area (Å²) in [7, 11) is 0. The summed E-state index contributed by atoms with van der Waals surface area (Å²) in [5.41, 5.74) is 4.59. The minimum atomic E-state index is -0.163. The highest BCUT2D eigenvalue weighted by atomic mass is 16.3. The van der Waals surface area contributed by atoms with Crippen molar-refractivity contribution in [3.05, 3.63) is 34.9 Å². The number of hydrogen-bond donors (Lipinski definition) is 1. The summed E-state index contributed by atoms with van der Waals surface area (Å²) in [5, 5.41) is 10.5. The van der Waals surface area contributed by atoms with E-state index in [1.807, 2.05) is 6.08 Å². The highest BCUT2D eigenvalue weighted by Crippen LogP contribution is 2.79. The fourth-order valence-electron chi connectivity index (χ4n) is 6.19. The van der Waals surface area contributed by atoms with Crippen molar-refractivity contribution in [1.82, 2.24) is 0 Å². The van der Waals surface area contributed by atoms with Crippen molar-refractivity contribution in [2.75, 3.05) is 0 Å². The normalized spacial score (nSPS) is 50.1. The molecule has 0 bridgehead atoms. The van der Waals surface area contributed by atoms with Crippen LogP contribution in [0.1, 0.15) is 45.4 Å². The predicted molar refractivity (Wildman–Crippen MR) is 80.5 cm³/mol. The minimum absolute atomic E-state index is 0.0158. The van der Waals surface area contributed by atoms with Crippen molar-refractivity contribution in [3.8, 4) is 0 Å². The van der Waals surface area contributed by atoms with Gasteiger partial charge in [-0.25, -0.2) is 0 Å². The highest BCUT2D eigenvalue weighted by Gasteiger charge is 2.75. The molecular formula is C19H22O2. The van der Waals surface area contributed by atoms with E-state index >= 15 is 0 Å². The Morgan fingerprint density at radius 3 is 3.00 bits per heavy atom. The molecule has 0 heterocycles. The molecule has 0 aliphatic heterocycles. The third kappa shape index (κ3) is 1.27. The topological polar surface area (TPSA) is 37.3 Å². The van der Waals surface area contributed by atoms with Crippen molar-refractivity contribution >= 4 is 5.78 Å². The average molecular weight is 282 g/mol. The van der Waals surface area contributed by atoms with Gasteiger partial charge in [0.2, 0.25) is 0 Å². The lowest BCUT2D eigenvalue weighted by Crippen LogP contribution is -2.43. The molecule has 1 unspecified atom stereocenters. The van der Waals surface area contributed by atoms with Crippen molar-refractivity contribution in [3.63, 3.8) is 0 Å². The third-order valence-electron chi connectivity index (χ3n) is 7.36. The quantitative estimate of drug-likeness (QED) is 0.740. The molecule has 2 saturated carbocycles. The zero-order valence-electron chi connectivity index (χ0n) is 12.6. The standard InChI is InChI=1S/C19H22O2/c1-18-7-6-15-14-4-3-13(20)8-11(14)2-5-16(15)19(18)10-12(19)9-17(18)21/h6-8,12,16-17,21H,2-5,9-10H2,1H3/t12-,16?,17-,18+,19+/m0/s1. The van der Waals surface area contributed by atoms with Crippen LogP contribution in [0.25, 0.3) is 0 Å². The van der Waals surface area contributed by atoms with Gasteiger partial charge in [-0.15, -0.1) is 0 Å². The Morgan fingerprint density at radius 1 is 1.29 bits per heavy atom. The van der Waals surface area contributed by atoms with Crippen LogP contribution in [0.15, 0.2) is 34.9 Å². The summed E-state index contributed by atoms with van der Waals surface area (Å²) in [6.45, 7) is 2.28. The van der Waals surface area contributed by atoms with Crippen LogP contribution in [-0.2, 0) is 4.79 Å². The maximum atomic E-state index is 11.7. The molecule has 110 valence electrons. The molecule has 0 amide bonds. The lowest BCUT2D eigenvalue weighted by molar-refractivity contribution is -0.114. The number of carbonyl (C=O) groups is 1. The number of hydrogen-bond acceptors (Lipinski definition) is 2. The Kier molecular flexibility index (Phi) is 2.13. The van der Waals surface area contributed by atoms with Gasteiger partial charge in [0.1, 0.15) is 0 Å². The molecule has 5 aliphatic carbocycles. The van der Waals surface area contributed by atoms with E-state index in [1.165, 1.54) is 29.6 Å². The molecule has 0 aromatic heterocycles. The monoisotopic (exact) mass is 282 g/mol. The van der Waals surface area contributed by atoms with Gasteiger partial charge in [-0.3, -0.25) is 4.79 Å². The van der Waals surface area contributed by atoms with Gasteiger partial charge < -0.3 is 5.11 Å². The second-order valence-corrected chi connectivity index (χ2v) is 7.97. The summed E-state index contributed by atoms with van der Waals surface area (Å²) in [6.07, 6.45) is 12.5. The van der Waals surface area contributed by atoms with Gasteiger partial charge in [0.25, 0.3) is 0 Å². The second-order valence-electron chi connectivity index (χ2n) is 7.97. The molecule has 0 aromatic carbocycles. The molecule has 2 fully saturated rings. The van der Waals surface area contributed by atoms with Crippen LogP contribution < -0.4 is 0 Å². The molecule has 1 N–H and O–H groups in total. The van der Waals surface area contributed by atoms with E-state index in [9.17, 15) is 9.90 Å². The van der Waals surface area contributed by atoms with E-state index in [1.54, 1.807) is 0 Å². The van der Waals surface area contributed by atoms with Gasteiger partial charge in [0, 0.05) is 11.8 Å². The second kappa shape index (κ2) is 3.60. The lowest BCUT2D eigenvalue weighted by Gasteiger charge is -2.47. The minimum Gasteiger partial charge on any atom is -0.392 e. The molecule has 2 heteroatoms. The molecule has 0 aromatic rings. The van der Waals surface area contributed by atoms with Gasteiger partial charge in [-0.05, 0) is 72.2 Å². The largest absolute Gasteiger partial charge is 0.392 e. The fraction of sp³-hybridized carbons (Fsp3) is 0.632. The third-order valence-corrected chi connectivity index (χ3v) is 7.36. The van der Waals surface area contributed by atoms with Crippen molar-refractivity contribution < 1.29 is 9.90 Å². The molecular weight excluding hydrogens is 260 g/mol. The van der Waals surface area contributed by atoms with Crippen LogP contribution in [0.2, 0.25) is 0 Å². The van der Waals surface area contributed by atoms with E-state index in [-0.39, 0.29) is 11.5 Å². The molecule has 0 saturated heterocycles. The number of carbonyl (C=O) groups excluding carboxylic acids is 1. The van der Waals surface area contributed by atoms with Crippen molar-refractivity contribution in [2.45, 2.75) is 51.6 Å². The molecule has 2 nitrogen and oxygen atoms in total. The number of fused-ring (bicyclic) bond motifs is 2. The molecule has 21 heavy (non-hydrogen) atoms. The van der Waals surface area contributed by atoms with E-state index in [0.717, 1.165) is 25.2 Å². The van der Waals surface area contributed by atoms with Crippen LogP contribution in [0.5, 0.6) is 0 Å². The first-order valence-electron chi connectivity index (χ1n) is 8.40. The van der Waals surface area contributed by atoms with Crippen molar-refractivity contribution in [2.24, 2.45) is 22.7 Å². The van der Waals surface area contributed by atoms with Gasteiger partial charge in [-0.1, -0.05) is 19.1 Å². The summed E-state index contributed by atoms with van der Waals surface area (Å²) in [5.74, 6) is 1.64. The SMILES string of the molecule is C[C@]12C=CC3=C4CCC(=O)C=C4CCC3[C@]13C[C@@H]3C[C@@H]2O. The number of aliphatic hydroxyl groups excluding tert-OH is 1. The Labute approximate surface area is 125 Å². The van der Waals surface area contributed by atoms with Crippen molar-refractivity contribution in [1.29, 1.82) is 0 Å². The van der Waals surface area contributed by atoms with Crippen LogP contribution in [0.3, 0.4) is 0 Å². The first kappa shape index (κ1) is 12.4. The zero-order valence-corrected chi connectivity index (χ0v) is 12.6. The summed E-state index contributed by atoms with van der Waals surface area (Å²) in [4.78, 5) is 11.7. The molecule has 5 rings (SSSR count). The smallest absolute Gasteiger partial charge is 0.156 e. The Bertz CT molecular complexity index is 652. The van der Waals surface area contributed by atoms with Crippen LogP contribution in [-0.4, -0.2) is 17.0 Å². The van der Waals surface area contributed by atoms with Crippen LogP contribution in [0.4, 0.5) is 0 Å². The van der Waals surface area contributed by atoms with Gasteiger partial charge in [-0.2, -0.15) is 0 Å². The molecule has 0 radical (unpaired) electrons.